The Hall–Kier alpha value is -0.0800. The SMILES string of the molecule is CCCCCCCNC1CCCC(O)C1. The van der Waals surface area contributed by atoms with Gasteiger partial charge in [0.1, 0.15) is 0 Å². The standard InChI is InChI=1S/C13H27NO/c1-2-3-4-5-6-10-14-12-8-7-9-13(15)11-12/h12-15H,2-11H2,1H3. The maximum atomic E-state index is 9.51. The zero-order valence-electron chi connectivity index (χ0n) is 10.2. The molecule has 0 spiro atoms. The van der Waals surface area contributed by atoms with Gasteiger partial charge in [-0.25, -0.2) is 0 Å². The van der Waals surface area contributed by atoms with Gasteiger partial charge in [0.15, 0.2) is 0 Å². The van der Waals surface area contributed by atoms with E-state index in [1.165, 1.54) is 44.9 Å². The molecule has 0 aromatic rings. The molecule has 0 heterocycles. The first-order valence-electron chi connectivity index (χ1n) is 6.74. The van der Waals surface area contributed by atoms with Crippen LogP contribution in [0.3, 0.4) is 0 Å². The predicted molar refractivity (Wildman–Crippen MR) is 65.0 cm³/mol. The van der Waals surface area contributed by atoms with Gasteiger partial charge in [0.05, 0.1) is 6.10 Å². The minimum absolute atomic E-state index is 0.0451. The van der Waals surface area contributed by atoms with Crippen LogP contribution in [0.4, 0.5) is 0 Å². The Kier molecular flexibility index (Phi) is 7.03. The summed E-state index contributed by atoms with van der Waals surface area (Å²) in [6.45, 7) is 3.39. The van der Waals surface area contributed by atoms with E-state index < -0.39 is 0 Å². The van der Waals surface area contributed by atoms with E-state index in [-0.39, 0.29) is 6.10 Å². The Bertz CT molecular complexity index is 149. The van der Waals surface area contributed by atoms with E-state index in [1.807, 2.05) is 0 Å². The highest BCUT2D eigenvalue weighted by atomic mass is 16.3. The van der Waals surface area contributed by atoms with Gasteiger partial charge in [-0.3, -0.25) is 0 Å². The summed E-state index contributed by atoms with van der Waals surface area (Å²) in [6.07, 6.45) is 11.1. The van der Waals surface area contributed by atoms with E-state index in [9.17, 15) is 5.11 Å². The van der Waals surface area contributed by atoms with Gasteiger partial charge in [0.2, 0.25) is 0 Å². The molecule has 0 amide bonds. The monoisotopic (exact) mass is 213 g/mol. The number of hydrogen-bond acceptors (Lipinski definition) is 2. The van der Waals surface area contributed by atoms with E-state index in [1.54, 1.807) is 0 Å². The molecule has 1 fully saturated rings. The van der Waals surface area contributed by atoms with Crippen molar-refractivity contribution in [3.63, 3.8) is 0 Å². The lowest BCUT2D eigenvalue weighted by atomic mass is 9.93. The van der Waals surface area contributed by atoms with Crippen LogP contribution < -0.4 is 5.32 Å². The van der Waals surface area contributed by atoms with Crippen LogP contribution in [-0.2, 0) is 0 Å². The van der Waals surface area contributed by atoms with E-state index >= 15 is 0 Å². The molecule has 1 rings (SSSR count). The lowest BCUT2D eigenvalue weighted by Gasteiger charge is -2.26. The van der Waals surface area contributed by atoms with Crippen molar-refractivity contribution < 1.29 is 5.11 Å². The third-order valence-corrected chi connectivity index (χ3v) is 3.36. The minimum Gasteiger partial charge on any atom is -0.393 e. The lowest BCUT2D eigenvalue weighted by Crippen LogP contribution is -2.36. The summed E-state index contributed by atoms with van der Waals surface area (Å²) in [7, 11) is 0. The molecular formula is C13H27NO. The van der Waals surface area contributed by atoms with Crippen LogP contribution in [0, 0.1) is 0 Å². The number of nitrogens with one attached hydrogen (secondary N) is 1. The van der Waals surface area contributed by atoms with Crippen molar-refractivity contribution in [2.75, 3.05) is 6.54 Å². The summed E-state index contributed by atoms with van der Waals surface area (Å²) in [5.74, 6) is 0. The molecule has 1 saturated carbocycles. The molecule has 0 bridgehead atoms. The van der Waals surface area contributed by atoms with Crippen LogP contribution in [0.15, 0.2) is 0 Å². The van der Waals surface area contributed by atoms with Crippen molar-refractivity contribution >= 4 is 0 Å². The Morgan fingerprint density at radius 1 is 1.13 bits per heavy atom. The van der Waals surface area contributed by atoms with Crippen molar-refractivity contribution in [3.05, 3.63) is 0 Å². The Morgan fingerprint density at radius 2 is 1.93 bits per heavy atom. The topological polar surface area (TPSA) is 32.3 Å². The number of aliphatic hydroxyl groups is 1. The largest absolute Gasteiger partial charge is 0.393 e. The molecule has 1 aliphatic carbocycles. The summed E-state index contributed by atoms with van der Waals surface area (Å²) in [5, 5.41) is 13.1. The molecule has 0 aliphatic heterocycles. The molecule has 2 heteroatoms. The van der Waals surface area contributed by atoms with Crippen molar-refractivity contribution in [2.24, 2.45) is 0 Å². The smallest absolute Gasteiger partial charge is 0.0555 e. The van der Waals surface area contributed by atoms with Crippen molar-refractivity contribution in [2.45, 2.75) is 76.9 Å². The Labute approximate surface area is 94.5 Å². The molecule has 0 saturated heterocycles. The Balaban J connectivity index is 1.90. The van der Waals surface area contributed by atoms with Gasteiger partial charge in [-0.1, -0.05) is 32.6 Å². The lowest BCUT2D eigenvalue weighted by molar-refractivity contribution is 0.112. The van der Waals surface area contributed by atoms with Gasteiger partial charge in [-0.15, -0.1) is 0 Å². The highest BCUT2D eigenvalue weighted by Gasteiger charge is 2.18. The highest BCUT2D eigenvalue weighted by Crippen LogP contribution is 2.18. The first-order chi connectivity index (χ1) is 7.33. The van der Waals surface area contributed by atoms with Gasteiger partial charge in [0.25, 0.3) is 0 Å². The fourth-order valence-corrected chi connectivity index (χ4v) is 2.38. The number of rotatable bonds is 7. The molecule has 2 nitrogen and oxygen atoms in total. The fraction of sp³-hybridized carbons (Fsp3) is 1.00. The molecular weight excluding hydrogens is 186 g/mol. The molecule has 0 aromatic carbocycles. The van der Waals surface area contributed by atoms with Crippen LogP contribution in [0.25, 0.3) is 0 Å². The summed E-state index contributed by atoms with van der Waals surface area (Å²) in [6, 6.07) is 0.583. The van der Waals surface area contributed by atoms with Crippen LogP contribution in [0.2, 0.25) is 0 Å². The first-order valence-corrected chi connectivity index (χ1v) is 6.74. The van der Waals surface area contributed by atoms with Crippen LogP contribution >= 0.6 is 0 Å². The molecule has 15 heavy (non-hydrogen) atoms. The van der Waals surface area contributed by atoms with Crippen molar-refractivity contribution in [3.8, 4) is 0 Å². The zero-order chi connectivity index (χ0) is 10.9. The van der Waals surface area contributed by atoms with Gasteiger partial charge < -0.3 is 10.4 Å². The summed E-state index contributed by atoms with van der Waals surface area (Å²) in [4.78, 5) is 0. The third-order valence-electron chi connectivity index (χ3n) is 3.36. The fourth-order valence-electron chi connectivity index (χ4n) is 2.38. The predicted octanol–water partition coefficient (Wildman–Crippen LogP) is 2.85. The first kappa shape index (κ1) is 13.0. The number of aliphatic hydroxyl groups excluding tert-OH is 1. The molecule has 2 N–H and O–H groups in total. The van der Waals surface area contributed by atoms with E-state index in [0.29, 0.717) is 6.04 Å². The molecule has 0 radical (unpaired) electrons. The second-order valence-electron chi connectivity index (χ2n) is 4.89. The quantitative estimate of drug-likeness (QED) is 0.637. The summed E-state index contributed by atoms with van der Waals surface area (Å²) in [5.41, 5.74) is 0. The molecule has 90 valence electrons. The summed E-state index contributed by atoms with van der Waals surface area (Å²) >= 11 is 0. The van der Waals surface area contributed by atoms with E-state index in [2.05, 4.69) is 12.2 Å². The maximum Gasteiger partial charge on any atom is 0.0555 e. The average Bonchev–Trinajstić information content (AvgIpc) is 2.23. The van der Waals surface area contributed by atoms with Gasteiger partial charge >= 0.3 is 0 Å². The third kappa shape index (κ3) is 6.16. The van der Waals surface area contributed by atoms with E-state index in [4.69, 9.17) is 0 Å². The molecule has 2 atom stereocenters. The zero-order valence-corrected chi connectivity index (χ0v) is 10.2. The van der Waals surface area contributed by atoms with Gasteiger partial charge in [-0.05, 0) is 38.6 Å². The molecule has 1 aliphatic rings. The summed E-state index contributed by atoms with van der Waals surface area (Å²) < 4.78 is 0. The minimum atomic E-state index is -0.0451. The second kappa shape index (κ2) is 8.12. The molecule has 2 unspecified atom stereocenters. The second-order valence-corrected chi connectivity index (χ2v) is 4.89. The van der Waals surface area contributed by atoms with Crippen molar-refractivity contribution in [1.82, 2.24) is 5.32 Å². The molecule has 0 aromatic heterocycles. The van der Waals surface area contributed by atoms with Gasteiger partial charge in [-0.2, -0.15) is 0 Å². The van der Waals surface area contributed by atoms with Crippen LogP contribution in [0.5, 0.6) is 0 Å². The maximum absolute atomic E-state index is 9.51. The van der Waals surface area contributed by atoms with Crippen molar-refractivity contribution in [1.29, 1.82) is 0 Å². The average molecular weight is 213 g/mol. The normalized spacial score (nSPS) is 26.8. The number of hydrogen-bond donors (Lipinski definition) is 2. The van der Waals surface area contributed by atoms with E-state index in [0.717, 1.165) is 19.4 Å². The van der Waals surface area contributed by atoms with Crippen LogP contribution in [0.1, 0.15) is 64.7 Å². The van der Waals surface area contributed by atoms with Gasteiger partial charge in [0, 0.05) is 6.04 Å². The number of unbranched alkanes of at least 4 members (excludes halogenated alkanes) is 4. The Morgan fingerprint density at radius 3 is 2.67 bits per heavy atom. The highest BCUT2D eigenvalue weighted by molar-refractivity contribution is 4.77. The van der Waals surface area contributed by atoms with Crippen LogP contribution in [-0.4, -0.2) is 23.8 Å².